The van der Waals surface area contributed by atoms with Crippen LogP contribution in [-0.4, -0.2) is 36.8 Å². The summed E-state index contributed by atoms with van der Waals surface area (Å²) in [6.45, 7) is 25.0. The molecule has 0 aliphatic carbocycles. The third-order valence-corrected chi connectivity index (χ3v) is 9.80. The maximum Gasteiger partial charge on any atom is 0.172 e. The SMILES string of the molecule is CCCC(CCC)[C@H]1CN(c2cccc(C(C)(C)C)c2)C(C2=N[C@@H](C(CCC)CCC)CN2c2cccc(C(C)(C)C)c2)=N1. The van der Waals surface area contributed by atoms with Crippen LogP contribution in [0, 0.1) is 11.8 Å². The van der Waals surface area contributed by atoms with Crippen molar-refractivity contribution in [2.75, 3.05) is 22.9 Å². The lowest BCUT2D eigenvalue weighted by atomic mass is 9.86. The van der Waals surface area contributed by atoms with E-state index in [0.717, 1.165) is 24.8 Å². The molecule has 0 amide bonds. The number of hydrogen-bond acceptors (Lipinski definition) is 4. The summed E-state index contributed by atoms with van der Waals surface area (Å²) < 4.78 is 0. The minimum atomic E-state index is 0.0856. The lowest BCUT2D eigenvalue weighted by Gasteiger charge is -2.29. The van der Waals surface area contributed by atoms with Crippen LogP contribution in [0.4, 0.5) is 11.4 Å². The molecule has 0 N–H and O–H groups in total. The smallest absolute Gasteiger partial charge is 0.172 e. The van der Waals surface area contributed by atoms with Gasteiger partial charge in [-0.3, -0.25) is 9.98 Å². The Kier molecular flexibility index (Phi) is 11.4. The summed E-state index contributed by atoms with van der Waals surface area (Å²) in [5.41, 5.74) is 5.40. The van der Waals surface area contributed by atoms with E-state index in [1.54, 1.807) is 0 Å². The van der Waals surface area contributed by atoms with Gasteiger partial charge in [-0.2, -0.15) is 0 Å². The van der Waals surface area contributed by atoms with Crippen molar-refractivity contribution in [3.05, 3.63) is 59.7 Å². The molecule has 2 aliphatic rings. The Labute approximate surface area is 270 Å². The summed E-state index contributed by atoms with van der Waals surface area (Å²) in [7, 11) is 0. The molecule has 4 rings (SSSR count). The minimum absolute atomic E-state index is 0.0856. The zero-order valence-corrected chi connectivity index (χ0v) is 29.8. The molecule has 0 spiro atoms. The van der Waals surface area contributed by atoms with Gasteiger partial charge in [-0.25, -0.2) is 0 Å². The first-order chi connectivity index (χ1) is 20.9. The fourth-order valence-electron chi connectivity index (χ4n) is 7.23. The largest absolute Gasteiger partial charge is 0.321 e. The first-order valence-electron chi connectivity index (χ1n) is 17.8. The van der Waals surface area contributed by atoms with Crippen LogP contribution in [0.2, 0.25) is 0 Å². The highest BCUT2D eigenvalue weighted by atomic mass is 15.4. The fourth-order valence-corrected chi connectivity index (χ4v) is 7.23. The van der Waals surface area contributed by atoms with Crippen LogP contribution < -0.4 is 9.80 Å². The molecule has 2 atom stereocenters. The van der Waals surface area contributed by atoms with E-state index >= 15 is 0 Å². The van der Waals surface area contributed by atoms with Gasteiger partial charge in [0.15, 0.2) is 11.7 Å². The van der Waals surface area contributed by atoms with Gasteiger partial charge >= 0.3 is 0 Å². The fraction of sp³-hybridized carbons (Fsp3) is 0.650. The molecule has 2 aromatic carbocycles. The van der Waals surface area contributed by atoms with Gasteiger partial charge in [0, 0.05) is 24.5 Å². The summed E-state index contributed by atoms with van der Waals surface area (Å²) in [5, 5.41) is 0. The molecule has 4 heteroatoms. The van der Waals surface area contributed by atoms with Gasteiger partial charge in [0.2, 0.25) is 0 Å². The normalized spacial score (nSPS) is 19.4. The highest BCUT2D eigenvalue weighted by Crippen LogP contribution is 2.36. The van der Waals surface area contributed by atoms with E-state index in [-0.39, 0.29) is 22.9 Å². The minimum Gasteiger partial charge on any atom is -0.321 e. The summed E-state index contributed by atoms with van der Waals surface area (Å²) >= 11 is 0. The van der Waals surface area contributed by atoms with Crippen LogP contribution in [0.1, 0.15) is 132 Å². The predicted octanol–water partition coefficient (Wildman–Crippen LogP) is 10.6. The van der Waals surface area contributed by atoms with Crippen molar-refractivity contribution in [2.24, 2.45) is 21.8 Å². The van der Waals surface area contributed by atoms with Crippen molar-refractivity contribution in [1.82, 2.24) is 0 Å². The molecule has 242 valence electrons. The van der Waals surface area contributed by atoms with Crippen molar-refractivity contribution in [3.8, 4) is 0 Å². The second-order valence-corrected chi connectivity index (χ2v) is 15.5. The maximum atomic E-state index is 5.66. The van der Waals surface area contributed by atoms with E-state index in [4.69, 9.17) is 9.98 Å². The van der Waals surface area contributed by atoms with Gasteiger partial charge in [-0.05, 0) is 83.7 Å². The molecular weight excluding hydrogens is 536 g/mol. The Balaban J connectivity index is 1.87. The summed E-state index contributed by atoms with van der Waals surface area (Å²) in [4.78, 5) is 16.4. The first-order valence-corrected chi connectivity index (χ1v) is 17.8. The zero-order chi connectivity index (χ0) is 32.1. The number of anilines is 2. The average molecular weight is 599 g/mol. The van der Waals surface area contributed by atoms with Crippen LogP contribution in [0.3, 0.4) is 0 Å². The van der Waals surface area contributed by atoms with Crippen molar-refractivity contribution in [3.63, 3.8) is 0 Å². The van der Waals surface area contributed by atoms with Gasteiger partial charge in [-0.1, -0.05) is 119 Å². The number of aliphatic imine (C=N–C) groups is 2. The summed E-state index contributed by atoms with van der Waals surface area (Å²) in [6.07, 6.45) is 9.73. The topological polar surface area (TPSA) is 31.2 Å². The lowest BCUT2D eigenvalue weighted by molar-refractivity contribution is 0.376. The third-order valence-electron chi connectivity index (χ3n) is 9.80. The number of nitrogens with zero attached hydrogens (tertiary/aromatic N) is 4. The van der Waals surface area contributed by atoms with Crippen molar-refractivity contribution < 1.29 is 0 Å². The van der Waals surface area contributed by atoms with E-state index < -0.39 is 0 Å². The van der Waals surface area contributed by atoms with E-state index in [2.05, 4.69) is 128 Å². The summed E-state index contributed by atoms with van der Waals surface area (Å²) in [5.74, 6) is 3.35. The highest BCUT2D eigenvalue weighted by molar-refractivity contribution is 6.50. The molecule has 0 unspecified atom stereocenters. The second kappa shape index (κ2) is 14.6. The third kappa shape index (κ3) is 7.96. The van der Waals surface area contributed by atoms with Gasteiger partial charge in [0.1, 0.15) is 0 Å². The van der Waals surface area contributed by atoms with E-state index in [1.807, 2.05) is 0 Å². The Morgan fingerprint density at radius 2 is 0.932 bits per heavy atom. The van der Waals surface area contributed by atoms with Crippen molar-refractivity contribution in [1.29, 1.82) is 0 Å². The molecule has 0 saturated carbocycles. The monoisotopic (exact) mass is 598 g/mol. The average Bonchev–Trinajstić information content (AvgIpc) is 3.62. The molecular formula is C40H62N4. The van der Waals surface area contributed by atoms with E-state index in [0.29, 0.717) is 11.8 Å². The highest BCUT2D eigenvalue weighted by Gasteiger charge is 2.40. The van der Waals surface area contributed by atoms with E-state index in [9.17, 15) is 0 Å². The number of hydrogen-bond donors (Lipinski definition) is 0. The van der Waals surface area contributed by atoms with Gasteiger partial charge in [0.05, 0.1) is 12.1 Å². The van der Waals surface area contributed by atoms with Gasteiger partial charge < -0.3 is 9.80 Å². The number of amidine groups is 2. The molecule has 0 bridgehead atoms. The molecule has 4 nitrogen and oxygen atoms in total. The van der Waals surface area contributed by atoms with E-state index in [1.165, 1.54) is 73.9 Å². The molecule has 0 fully saturated rings. The van der Waals surface area contributed by atoms with Crippen LogP contribution in [-0.2, 0) is 10.8 Å². The second-order valence-electron chi connectivity index (χ2n) is 15.5. The Hall–Kier alpha value is -2.62. The molecule has 2 aromatic rings. The van der Waals surface area contributed by atoms with Crippen LogP contribution >= 0.6 is 0 Å². The summed E-state index contributed by atoms with van der Waals surface area (Å²) in [6, 6.07) is 19.0. The number of rotatable bonds is 13. The van der Waals surface area contributed by atoms with Gasteiger partial charge in [-0.15, -0.1) is 0 Å². The van der Waals surface area contributed by atoms with Crippen LogP contribution in [0.15, 0.2) is 58.5 Å². The molecule has 0 aromatic heterocycles. The van der Waals surface area contributed by atoms with Crippen molar-refractivity contribution in [2.45, 2.75) is 144 Å². The molecule has 2 aliphatic heterocycles. The quantitative estimate of drug-likeness (QED) is 0.230. The first kappa shape index (κ1) is 34.3. The van der Waals surface area contributed by atoms with Crippen molar-refractivity contribution >= 4 is 23.0 Å². The zero-order valence-electron chi connectivity index (χ0n) is 29.8. The Morgan fingerprint density at radius 3 is 1.23 bits per heavy atom. The molecule has 44 heavy (non-hydrogen) atoms. The number of benzene rings is 2. The van der Waals surface area contributed by atoms with Gasteiger partial charge in [0.25, 0.3) is 0 Å². The molecule has 0 radical (unpaired) electrons. The molecule has 2 heterocycles. The lowest BCUT2D eigenvalue weighted by Crippen LogP contribution is -2.42. The predicted molar refractivity (Wildman–Crippen MR) is 194 cm³/mol. The van der Waals surface area contributed by atoms with Crippen LogP contribution in [0.5, 0.6) is 0 Å². The Bertz CT molecular complexity index is 1170. The molecule has 0 saturated heterocycles. The maximum absolute atomic E-state index is 5.66. The standard InChI is InChI=1S/C40H62N4/c1-11-17-29(18-12-2)35-27-43(33-23-15-21-31(25-33)39(5,6)7)37(41-35)38-42-36(30(19-13-3)20-14-4)28-44(38)34-24-16-22-32(26-34)40(8,9)10/h15-16,21-26,29-30,35-36H,11-14,17-20,27-28H2,1-10H3/t35-,36-/m1/s1. The van der Waals surface area contributed by atoms with Crippen LogP contribution in [0.25, 0.3) is 0 Å². The Morgan fingerprint density at radius 1 is 0.591 bits per heavy atom.